The number of aryl methyl sites for hydroxylation is 1. The normalized spacial score (nSPS) is 11.5. The molecule has 0 atom stereocenters. The topological polar surface area (TPSA) is 50.9 Å². The van der Waals surface area contributed by atoms with Gasteiger partial charge in [0.2, 0.25) is 0 Å². The molecular weight excluding hydrogens is 183 g/mol. The van der Waals surface area contributed by atoms with Crippen molar-refractivity contribution in [2.75, 3.05) is 5.43 Å². The van der Waals surface area contributed by atoms with Crippen molar-refractivity contribution in [1.82, 2.24) is 4.98 Å². The number of alkyl halides is 3. The molecule has 72 valence electrons. The third-order valence-corrected chi connectivity index (χ3v) is 1.54. The highest BCUT2D eigenvalue weighted by atomic mass is 19.4. The molecule has 1 rings (SSSR count). The summed E-state index contributed by atoms with van der Waals surface area (Å²) in [5.41, 5.74) is 1.78. The first-order valence-corrected chi connectivity index (χ1v) is 3.45. The van der Waals surface area contributed by atoms with Crippen LogP contribution in [0.5, 0.6) is 0 Å². The van der Waals surface area contributed by atoms with Gasteiger partial charge in [0.15, 0.2) is 0 Å². The number of nitrogen functional groups attached to an aromatic ring is 1. The van der Waals surface area contributed by atoms with E-state index in [1.54, 1.807) is 0 Å². The lowest BCUT2D eigenvalue weighted by molar-refractivity contribution is -0.137. The number of nitrogens with two attached hydrogens (primary N) is 1. The Labute approximate surface area is 72.7 Å². The van der Waals surface area contributed by atoms with E-state index in [-0.39, 0.29) is 5.82 Å². The number of aromatic nitrogens is 1. The Bertz CT molecular complexity index is 308. The second kappa shape index (κ2) is 3.21. The summed E-state index contributed by atoms with van der Waals surface area (Å²) in [5, 5.41) is 0. The van der Waals surface area contributed by atoms with Crippen LogP contribution in [0, 0.1) is 6.92 Å². The van der Waals surface area contributed by atoms with Crippen molar-refractivity contribution in [3.8, 4) is 0 Å². The maximum absolute atomic E-state index is 12.1. The summed E-state index contributed by atoms with van der Waals surface area (Å²) in [6.45, 7) is 1.50. The van der Waals surface area contributed by atoms with E-state index in [1.807, 2.05) is 0 Å². The number of rotatable bonds is 1. The van der Waals surface area contributed by atoms with Crippen LogP contribution in [0.3, 0.4) is 0 Å². The zero-order valence-corrected chi connectivity index (χ0v) is 6.81. The molecule has 0 amide bonds. The van der Waals surface area contributed by atoms with Crippen LogP contribution >= 0.6 is 0 Å². The Morgan fingerprint density at radius 3 is 2.46 bits per heavy atom. The van der Waals surface area contributed by atoms with Crippen LogP contribution < -0.4 is 11.3 Å². The van der Waals surface area contributed by atoms with Crippen LogP contribution in [-0.2, 0) is 6.18 Å². The van der Waals surface area contributed by atoms with Gasteiger partial charge >= 0.3 is 6.18 Å². The standard InChI is InChI=1S/C7H8F3N3/c1-4-2-5(7(8,9)10)3-12-6(4)13-11/h2-3H,11H2,1H3,(H,12,13). The van der Waals surface area contributed by atoms with Gasteiger partial charge in [-0.05, 0) is 18.6 Å². The number of hydrazine groups is 1. The molecule has 0 saturated carbocycles. The van der Waals surface area contributed by atoms with E-state index < -0.39 is 11.7 Å². The quantitative estimate of drug-likeness (QED) is 0.524. The maximum atomic E-state index is 12.1. The smallest absolute Gasteiger partial charge is 0.308 e. The van der Waals surface area contributed by atoms with Crippen molar-refractivity contribution in [2.45, 2.75) is 13.1 Å². The fourth-order valence-electron chi connectivity index (χ4n) is 0.881. The summed E-state index contributed by atoms with van der Waals surface area (Å²) < 4.78 is 36.3. The molecular formula is C7H8F3N3. The largest absolute Gasteiger partial charge is 0.417 e. The van der Waals surface area contributed by atoms with E-state index in [4.69, 9.17) is 5.84 Å². The highest BCUT2D eigenvalue weighted by Crippen LogP contribution is 2.30. The minimum absolute atomic E-state index is 0.244. The van der Waals surface area contributed by atoms with Crippen molar-refractivity contribution >= 4 is 5.82 Å². The molecule has 1 aromatic heterocycles. The zero-order valence-electron chi connectivity index (χ0n) is 6.81. The Balaban J connectivity index is 3.10. The van der Waals surface area contributed by atoms with Crippen molar-refractivity contribution < 1.29 is 13.2 Å². The number of hydrogen-bond acceptors (Lipinski definition) is 3. The molecule has 0 aliphatic rings. The second-order valence-electron chi connectivity index (χ2n) is 2.53. The van der Waals surface area contributed by atoms with E-state index >= 15 is 0 Å². The molecule has 0 unspecified atom stereocenters. The molecule has 3 N–H and O–H groups in total. The van der Waals surface area contributed by atoms with Gasteiger partial charge in [-0.3, -0.25) is 0 Å². The van der Waals surface area contributed by atoms with Crippen LogP contribution in [0.15, 0.2) is 12.3 Å². The van der Waals surface area contributed by atoms with E-state index in [2.05, 4.69) is 10.4 Å². The number of nitrogens with one attached hydrogen (secondary N) is 1. The highest BCUT2D eigenvalue weighted by Gasteiger charge is 2.31. The van der Waals surface area contributed by atoms with Gasteiger partial charge in [0.25, 0.3) is 0 Å². The first-order chi connectivity index (χ1) is 5.95. The molecule has 0 fully saturated rings. The number of halogens is 3. The lowest BCUT2D eigenvalue weighted by Crippen LogP contribution is -2.12. The summed E-state index contributed by atoms with van der Waals surface area (Å²) in [6.07, 6.45) is -3.62. The predicted molar refractivity (Wildman–Crippen MR) is 41.8 cm³/mol. The van der Waals surface area contributed by atoms with Crippen molar-refractivity contribution in [2.24, 2.45) is 5.84 Å². The molecule has 0 radical (unpaired) electrons. The third-order valence-electron chi connectivity index (χ3n) is 1.54. The SMILES string of the molecule is Cc1cc(C(F)(F)F)cnc1NN. The van der Waals surface area contributed by atoms with E-state index in [1.165, 1.54) is 6.92 Å². The third kappa shape index (κ3) is 2.09. The number of nitrogens with zero attached hydrogens (tertiary/aromatic N) is 1. The highest BCUT2D eigenvalue weighted by molar-refractivity contribution is 5.43. The Kier molecular flexibility index (Phi) is 2.42. The Morgan fingerprint density at radius 2 is 2.08 bits per heavy atom. The molecule has 0 bridgehead atoms. The van der Waals surface area contributed by atoms with Crippen molar-refractivity contribution in [3.05, 3.63) is 23.4 Å². The first-order valence-electron chi connectivity index (χ1n) is 3.45. The number of pyridine rings is 1. The fraction of sp³-hybridized carbons (Fsp3) is 0.286. The molecule has 1 aromatic rings. The Hall–Kier alpha value is -1.30. The minimum Gasteiger partial charge on any atom is -0.308 e. The molecule has 0 aliphatic heterocycles. The average Bonchev–Trinajstić information content (AvgIpc) is 2.02. The van der Waals surface area contributed by atoms with Crippen molar-refractivity contribution in [1.29, 1.82) is 0 Å². The van der Waals surface area contributed by atoms with Gasteiger partial charge in [0.1, 0.15) is 5.82 Å². The number of anilines is 1. The summed E-state index contributed by atoms with van der Waals surface area (Å²) in [6, 6.07) is 0.988. The van der Waals surface area contributed by atoms with E-state index in [0.29, 0.717) is 5.56 Å². The maximum Gasteiger partial charge on any atom is 0.417 e. The molecule has 1 heterocycles. The molecule has 0 aromatic carbocycles. The number of hydrogen-bond donors (Lipinski definition) is 2. The van der Waals surface area contributed by atoms with Crippen LogP contribution in [0.25, 0.3) is 0 Å². The molecule has 13 heavy (non-hydrogen) atoms. The minimum atomic E-state index is -4.36. The molecule has 6 heteroatoms. The van der Waals surface area contributed by atoms with Crippen LogP contribution in [0.2, 0.25) is 0 Å². The fourth-order valence-corrected chi connectivity index (χ4v) is 0.881. The molecule has 0 aliphatic carbocycles. The van der Waals surface area contributed by atoms with Crippen molar-refractivity contribution in [3.63, 3.8) is 0 Å². The lowest BCUT2D eigenvalue weighted by atomic mass is 10.2. The van der Waals surface area contributed by atoms with E-state index in [0.717, 1.165) is 12.3 Å². The first kappa shape index (κ1) is 9.79. The van der Waals surface area contributed by atoms with Crippen LogP contribution in [-0.4, -0.2) is 4.98 Å². The summed E-state index contributed by atoms with van der Waals surface area (Å²) in [5.74, 6) is 5.26. The summed E-state index contributed by atoms with van der Waals surface area (Å²) >= 11 is 0. The molecule has 0 spiro atoms. The van der Waals surface area contributed by atoms with Gasteiger partial charge < -0.3 is 5.43 Å². The summed E-state index contributed by atoms with van der Waals surface area (Å²) in [7, 11) is 0. The van der Waals surface area contributed by atoms with Gasteiger partial charge in [0.05, 0.1) is 5.56 Å². The lowest BCUT2D eigenvalue weighted by Gasteiger charge is -2.08. The summed E-state index contributed by atoms with van der Waals surface area (Å²) in [4.78, 5) is 3.51. The van der Waals surface area contributed by atoms with Gasteiger partial charge in [-0.25, -0.2) is 10.8 Å². The average molecular weight is 191 g/mol. The van der Waals surface area contributed by atoms with Crippen LogP contribution in [0.4, 0.5) is 19.0 Å². The zero-order chi connectivity index (χ0) is 10.1. The monoisotopic (exact) mass is 191 g/mol. The van der Waals surface area contributed by atoms with E-state index in [9.17, 15) is 13.2 Å². The van der Waals surface area contributed by atoms with Gasteiger partial charge in [-0.1, -0.05) is 0 Å². The predicted octanol–water partition coefficient (Wildman–Crippen LogP) is 1.69. The molecule has 0 saturated heterocycles. The van der Waals surface area contributed by atoms with Gasteiger partial charge in [-0.2, -0.15) is 13.2 Å². The second-order valence-corrected chi connectivity index (χ2v) is 2.53. The molecule has 3 nitrogen and oxygen atoms in total. The Morgan fingerprint density at radius 1 is 1.46 bits per heavy atom. The van der Waals surface area contributed by atoms with Gasteiger partial charge in [0, 0.05) is 6.20 Å². The van der Waals surface area contributed by atoms with Gasteiger partial charge in [-0.15, -0.1) is 0 Å². The van der Waals surface area contributed by atoms with Crippen LogP contribution in [0.1, 0.15) is 11.1 Å².